The first-order valence-electron chi connectivity index (χ1n) is 7.31. The lowest BCUT2D eigenvalue weighted by atomic mass is 9.96. The van der Waals surface area contributed by atoms with Crippen LogP contribution in [-0.4, -0.2) is 28.6 Å². The second-order valence-electron chi connectivity index (χ2n) is 5.65. The maximum Gasteiger partial charge on any atom is 0.314 e. The topological polar surface area (TPSA) is 104 Å². The van der Waals surface area contributed by atoms with E-state index >= 15 is 0 Å². The number of benzene rings is 1. The van der Waals surface area contributed by atoms with Crippen molar-refractivity contribution in [1.29, 1.82) is 0 Å². The number of aryl methyl sites for hydroxylation is 2. The molecule has 3 N–H and O–H groups in total. The monoisotopic (exact) mass is 315 g/mol. The van der Waals surface area contributed by atoms with Gasteiger partial charge in [0.05, 0.1) is 6.54 Å². The Morgan fingerprint density at radius 1 is 1.35 bits per heavy atom. The highest BCUT2D eigenvalue weighted by Gasteiger charge is 2.37. The lowest BCUT2D eigenvalue weighted by Gasteiger charge is -2.24. The molecule has 0 radical (unpaired) electrons. The summed E-state index contributed by atoms with van der Waals surface area (Å²) in [4.78, 5) is 23.7. The van der Waals surface area contributed by atoms with Gasteiger partial charge in [0, 0.05) is 6.07 Å². The molecular weight excluding hydrogens is 298 g/mol. The maximum atomic E-state index is 11.9. The number of amides is 2. The predicted octanol–water partition coefficient (Wildman–Crippen LogP) is 0.872. The van der Waals surface area contributed by atoms with Gasteiger partial charge in [0.25, 0.3) is 0 Å². The van der Waals surface area contributed by atoms with Crippen LogP contribution < -0.4 is 10.6 Å². The minimum atomic E-state index is -1.14. The average Bonchev–Trinajstić information content (AvgIpc) is 3.10. The van der Waals surface area contributed by atoms with Gasteiger partial charge in [-0.25, -0.2) is 0 Å². The number of fused-ring (bicyclic) bond motifs is 1. The van der Waals surface area contributed by atoms with Crippen LogP contribution in [0.15, 0.2) is 34.9 Å². The lowest BCUT2D eigenvalue weighted by molar-refractivity contribution is -0.136. The Hall–Kier alpha value is -2.67. The molecule has 3 rings (SSSR count). The molecule has 1 aromatic carbocycles. The molecule has 0 fully saturated rings. The molecule has 1 aliphatic carbocycles. The van der Waals surface area contributed by atoms with E-state index in [2.05, 4.69) is 15.8 Å². The number of rotatable bonds is 3. The number of hydrogen-bond donors (Lipinski definition) is 3. The van der Waals surface area contributed by atoms with Crippen molar-refractivity contribution in [2.24, 2.45) is 0 Å². The van der Waals surface area contributed by atoms with Gasteiger partial charge in [-0.15, -0.1) is 0 Å². The summed E-state index contributed by atoms with van der Waals surface area (Å²) in [5.41, 5.74) is 0.719. The van der Waals surface area contributed by atoms with Crippen LogP contribution in [-0.2, 0) is 21.6 Å². The third kappa shape index (κ3) is 3.09. The Labute approximate surface area is 132 Å². The standard InChI is InChI=1S/C16H17N3O4/c1-10-8-13(19-23-10)18-15(21)14(20)17-9-16(22)7-6-11-4-2-3-5-12(11)16/h2-5,8,22H,6-7,9H2,1H3,(H,17,20)(H,18,19,21)/t16-/m0/s1. The molecule has 0 aliphatic heterocycles. The van der Waals surface area contributed by atoms with Crippen LogP contribution in [0, 0.1) is 6.92 Å². The SMILES string of the molecule is Cc1cc(NC(=O)C(=O)NC[C@@]2(O)CCc3ccccc32)no1. The predicted molar refractivity (Wildman–Crippen MR) is 81.5 cm³/mol. The Morgan fingerprint density at radius 2 is 2.13 bits per heavy atom. The maximum absolute atomic E-state index is 11.9. The Balaban J connectivity index is 1.60. The van der Waals surface area contributed by atoms with E-state index in [4.69, 9.17) is 4.52 Å². The van der Waals surface area contributed by atoms with E-state index in [0.717, 1.165) is 17.5 Å². The van der Waals surface area contributed by atoms with E-state index in [0.29, 0.717) is 12.2 Å². The molecule has 1 heterocycles. The highest BCUT2D eigenvalue weighted by atomic mass is 16.5. The molecule has 2 aromatic rings. The molecule has 1 aromatic heterocycles. The smallest absolute Gasteiger partial charge is 0.314 e. The van der Waals surface area contributed by atoms with Crippen molar-refractivity contribution in [3.05, 3.63) is 47.2 Å². The second-order valence-corrected chi connectivity index (χ2v) is 5.65. The highest BCUT2D eigenvalue weighted by Crippen LogP contribution is 2.36. The van der Waals surface area contributed by atoms with Crippen molar-refractivity contribution < 1.29 is 19.2 Å². The van der Waals surface area contributed by atoms with Crippen LogP contribution in [0.4, 0.5) is 5.82 Å². The molecule has 0 spiro atoms. The minimum absolute atomic E-state index is 0.0197. The van der Waals surface area contributed by atoms with Crippen molar-refractivity contribution in [3.63, 3.8) is 0 Å². The first-order chi connectivity index (χ1) is 11.0. The summed E-state index contributed by atoms with van der Waals surface area (Å²) in [6.45, 7) is 1.66. The quantitative estimate of drug-likeness (QED) is 0.729. The number of anilines is 1. The number of nitrogens with one attached hydrogen (secondary N) is 2. The first-order valence-corrected chi connectivity index (χ1v) is 7.31. The fourth-order valence-electron chi connectivity index (χ4n) is 2.76. The van der Waals surface area contributed by atoms with Crippen molar-refractivity contribution >= 4 is 17.6 Å². The molecule has 7 nitrogen and oxygen atoms in total. The third-order valence-electron chi connectivity index (χ3n) is 3.94. The van der Waals surface area contributed by atoms with Gasteiger partial charge in [-0.2, -0.15) is 0 Å². The lowest BCUT2D eigenvalue weighted by Crippen LogP contribution is -2.43. The van der Waals surface area contributed by atoms with Crippen LogP contribution >= 0.6 is 0 Å². The molecule has 120 valence electrons. The Kier molecular flexibility index (Phi) is 3.87. The summed E-state index contributed by atoms with van der Waals surface area (Å²) in [6.07, 6.45) is 1.25. The van der Waals surface area contributed by atoms with Crippen molar-refractivity contribution in [1.82, 2.24) is 10.5 Å². The zero-order chi connectivity index (χ0) is 16.4. The Bertz CT molecular complexity index is 755. The van der Waals surface area contributed by atoms with E-state index in [1.54, 1.807) is 6.92 Å². The molecule has 1 atom stereocenters. The van der Waals surface area contributed by atoms with Crippen LogP contribution in [0.5, 0.6) is 0 Å². The van der Waals surface area contributed by atoms with E-state index in [-0.39, 0.29) is 12.4 Å². The van der Waals surface area contributed by atoms with Crippen LogP contribution in [0.1, 0.15) is 23.3 Å². The number of carbonyl (C=O) groups is 2. The number of aromatic nitrogens is 1. The first kappa shape index (κ1) is 15.2. The summed E-state index contributed by atoms with van der Waals surface area (Å²) < 4.78 is 4.81. The van der Waals surface area contributed by atoms with E-state index in [9.17, 15) is 14.7 Å². The fourth-order valence-corrected chi connectivity index (χ4v) is 2.76. The van der Waals surface area contributed by atoms with E-state index in [1.807, 2.05) is 24.3 Å². The van der Waals surface area contributed by atoms with Gasteiger partial charge in [0.1, 0.15) is 11.4 Å². The molecule has 7 heteroatoms. The molecule has 2 amide bonds. The van der Waals surface area contributed by atoms with Gasteiger partial charge in [0.15, 0.2) is 5.82 Å². The molecule has 1 aliphatic rings. The number of aliphatic hydroxyl groups is 1. The third-order valence-corrected chi connectivity index (χ3v) is 3.94. The van der Waals surface area contributed by atoms with E-state index < -0.39 is 17.4 Å². The van der Waals surface area contributed by atoms with Gasteiger partial charge < -0.3 is 14.9 Å². The van der Waals surface area contributed by atoms with Crippen molar-refractivity contribution in [3.8, 4) is 0 Å². The molecule has 0 unspecified atom stereocenters. The van der Waals surface area contributed by atoms with Gasteiger partial charge in [0.2, 0.25) is 0 Å². The highest BCUT2D eigenvalue weighted by molar-refractivity contribution is 6.39. The van der Waals surface area contributed by atoms with Gasteiger partial charge >= 0.3 is 11.8 Å². The summed E-state index contributed by atoms with van der Waals surface area (Å²) in [5.74, 6) is -0.984. The zero-order valence-electron chi connectivity index (χ0n) is 12.6. The van der Waals surface area contributed by atoms with Gasteiger partial charge in [-0.05, 0) is 30.9 Å². The molecule has 0 saturated heterocycles. The van der Waals surface area contributed by atoms with Gasteiger partial charge in [-0.1, -0.05) is 29.4 Å². The molecule has 23 heavy (non-hydrogen) atoms. The second kappa shape index (κ2) is 5.85. The molecule has 0 saturated carbocycles. The molecule has 0 bridgehead atoms. The minimum Gasteiger partial charge on any atom is -0.383 e. The van der Waals surface area contributed by atoms with Crippen molar-refractivity contribution in [2.45, 2.75) is 25.4 Å². The summed E-state index contributed by atoms with van der Waals surface area (Å²) >= 11 is 0. The largest absolute Gasteiger partial charge is 0.383 e. The normalized spacial score (nSPS) is 19.2. The van der Waals surface area contributed by atoms with Crippen LogP contribution in [0.3, 0.4) is 0 Å². The summed E-state index contributed by atoms with van der Waals surface area (Å²) in [6, 6.07) is 9.06. The average molecular weight is 315 g/mol. The fraction of sp³-hybridized carbons (Fsp3) is 0.312. The number of nitrogens with zero attached hydrogens (tertiary/aromatic N) is 1. The van der Waals surface area contributed by atoms with Gasteiger partial charge in [-0.3, -0.25) is 14.9 Å². The molecular formula is C16H17N3O4. The number of hydrogen-bond acceptors (Lipinski definition) is 5. The zero-order valence-corrected chi connectivity index (χ0v) is 12.6. The van der Waals surface area contributed by atoms with Crippen LogP contribution in [0.25, 0.3) is 0 Å². The van der Waals surface area contributed by atoms with Crippen molar-refractivity contribution in [2.75, 3.05) is 11.9 Å². The van der Waals surface area contributed by atoms with Crippen LogP contribution in [0.2, 0.25) is 0 Å². The number of carbonyl (C=O) groups excluding carboxylic acids is 2. The Morgan fingerprint density at radius 3 is 2.87 bits per heavy atom. The summed E-state index contributed by atoms with van der Waals surface area (Å²) in [7, 11) is 0. The van der Waals surface area contributed by atoms with E-state index in [1.165, 1.54) is 6.07 Å². The summed E-state index contributed by atoms with van der Waals surface area (Å²) in [5, 5.41) is 19.1.